The first-order valence-electron chi connectivity index (χ1n) is 8.54. The third kappa shape index (κ3) is 4.97. The molecule has 0 atom stereocenters. The van der Waals surface area contributed by atoms with Crippen LogP contribution < -0.4 is 0 Å². The summed E-state index contributed by atoms with van der Waals surface area (Å²) in [5, 5.41) is 0.985. The summed E-state index contributed by atoms with van der Waals surface area (Å²) < 4.78 is 0. The topological polar surface area (TPSA) is 23.6 Å². The number of carbonyl (C=O) groups excluding carboxylic acids is 1. The lowest BCUT2D eigenvalue weighted by Gasteiger charge is -2.22. The molecule has 2 aromatic rings. The number of rotatable bonds is 3. The van der Waals surface area contributed by atoms with Gasteiger partial charge in [-0.2, -0.15) is 0 Å². The van der Waals surface area contributed by atoms with Crippen molar-refractivity contribution in [2.45, 2.75) is 19.9 Å². The van der Waals surface area contributed by atoms with Gasteiger partial charge >= 0.3 is 0 Å². The fourth-order valence-electron chi connectivity index (χ4n) is 3.14. The van der Waals surface area contributed by atoms with E-state index in [-0.39, 0.29) is 5.91 Å². The lowest BCUT2D eigenvalue weighted by molar-refractivity contribution is 0.0761. The zero-order chi connectivity index (χ0) is 17.8. The minimum atomic E-state index is 0.00147. The summed E-state index contributed by atoms with van der Waals surface area (Å²) in [7, 11) is 0. The van der Waals surface area contributed by atoms with Gasteiger partial charge in [-0.15, -0.1) is 0 Å². The molecule has 3 rings (SSSR count). The summed E-state index contributed by atoms with van der Waals surface area (Å²) in [6.07, 6.45) is 0.964. The van der Waals surface area contributed by atoms with Crippen LogP contribution in [0.3, 0.4) is 0 Å². The van der Waals surface area contributed by atoms with Crippen molar-refractivity contribution in [1.29, 1.82) is 0 Å². The van der Waals surface area contributed by atoms with Crippen molar-refractivity contribution in [3.63, 3.8) is 0 Å². The molecule has 0 aromatic heterocycles. The van der Waals surface area contributed by atoms with Crippen LogP contribution >= 0.6 is 23.2 Å². The molecule has 0 N–H and O–H groups in total. The van der Waals surface area contributed by atoms with E-state index >= 15 is 0 Å². The molecule has 1 aliphatic heterocycles. The van der Waals surface area contributed by atoms with Gasteiger partial charge in [-0.25, -0.2) is 0 Å². The molecule has 0 radical (unpaired) electrons. The lowest BCUT2D eigenvalue weighted by atomic mass is 10.1. The number of aryl methyl sites for hydroxylation is 1. The van der Waals surface area contributed by atoms with Gasteiger partial charge in [-0.05, 0) is 37.1 Å². The standard InChI is InChI=1S/C20H22Cl2N2O/c1-15-3-5-16(6-4-15)14-23-7-2-8-24(10-9-23)20(25)17-11-18(21)13-19(22)12-17/h3-6,11-13H,2,7-10,14H2,1H3. The highest BCUT2D eigenvalue weighted by Crippen LogP contribution is 2.21. The molecule has 3 nitrogen and oxygen atoms in total. The van der Waals surface area contributed by atoms with E-state index in [1.165, 1.54) is 11.1 Å². The van der Waals surface area contributed by atoms with Crippen molar-refractivity contribution in [1.82, 2.24) is 9.80 Å². The number of nitrogens with zero attached hydrogens (tertiary/aromatic N) is 2. The van der Waals surface area contributed by atoms with E-state index in [4.69, 9.17) is 23.2 Å². The van der Waals surface area contributed by atoms with Crippen LogP contribution in [-0.2, 0) is 6.54 Å². The van der Waals surface area contributed by atoms with E-state index in [1.807, 2.05) is 4.90 Å². The summed E-state index contributed by atoms with van der Waals surface area (Å²) in [6, 6.07) is 13.7. The Hall–Kier alpha value is -1.55. The average Bonchev–Trinajstić information content (AvgIpc) is 2.81. The van der Waals surface area contributed by atoms with Crippen LogP contribution in [-0.4, -0.2) is 41.9 Å². The van der Waals surface area contributed by atoms with Crippen molar-refractivity contribution in [2.75, 3.05) is 26.2 Å². The fourth-order valence-corrected chi connectivity index (χ4v) is 3.67. The van der Waals surface area contributed by atoms with E-state index < -0.39 is 0 Å². The average molecular weight is 377 g/mol. The number of hydrogen-bond acceptors (Lipinski definition) is 2. The van der Waals surface area contributed by atoms with Gasteiger partial charge in [-0.3, -0.25) is 9.69 Å². The molecule has 1 fully saturated rings. The van der Waals surface area contributed by atoms with Crippen LogP contribution in [0, 0.1) is 6.92 Å². The molecule has 132 valence electrons. The van der Waals surface area contributed by atoms with Gasteiger partial charge < -0.3 is 4.90 Å². The second-order valence-electron chi connectivity index (χ2n) is 6.57. The summed E-state index contributed by atoms with van der Waals surface area (Å²) >= 11 is 12.1. The molecular formula is C20H22Cl2N2O. The van der Waals surface area contributed by atoms with Crippen LogP contribution in [0.2, 0.25) is 10.0 Å². The minimum absolute atomic E-state index is 0.00147. The Morgan fingerprint density at radius 2 is 1.64 bits per heavy atom. The highest BCUT2D eigenvalue weighted by Gasteiger charge is 2.21. The number of benzene rings is 2. The van der Waals surface area contributed by atoms with E-state index in [0.717, 1.165) is 39.1 Å². The Morgan fingerprint density at radius 1 is 0.960 bits per heavy atom. The molecule has 0 bridgehead atoms. The van der Waals surface area contributed by atoms with Crippen molar-refractivity contribution in [3.05, 3.63) is 69.2 Å². The van der Waals surface area contributed by atoms with E-state index in [0.29, 0.717) is 15.6 Å². The zero-order valence-electron chi connectivity index (χ0n) is 14.3. The molecule has 1 amide bonds. The third-order valence-electron chi connectivity index (χ3n) is 4.51. The zero-order valence-corrected chi connectivity index (χ0v) is 15.9. The second-order valence-corrected chi connectivity index (χ2v) is 7.44. The molecule has 5 heteroatoms. The number of hydrogen-bond donors (Lipinski definition) is 0. The Bertz CT molecular complexity index is 726. The molecule has 0 spiro atoms. The molecule has 1 aliphatic rings. The SMILES string of the molecule is Cc1ccc(CN2CCCN(C(=O)c3cc(Cl)cc(Cl)c3)CC2)cc1. The van der Waals surface area contributed by atoms with Gasteiger partial charge in [0.25, 0.3) is 5.91 Å². The first kappa shape index (κ1) is 18.2. The number of halogens is 2. The van der Waals surface area contributed by atoms with Gasteiger partial charge in [0.15, 0.2) is 0 Å². The predicted octanol–water partition coefficient (Wildman–Crippen LogP) is 4.65. The maximum Gasteiger partial charge on any atom is 0.254 e. The van der Waals surface area contributed by atoms with Gasteiger partial charge in [-0.1, -0.05) is 53.0 Å². The first-order chi connectivity index (χ1) is 12.0. The summed E-state index contributed by atoms with van der Waals surface area (Å²) in [4.78, 5) is 17.1. The minimum Gasteiger partial charge on any atom is -0.337 e. The number of amides is 1. The van der Waals surface area contributed by atoms with Gasteiger partial charge in [0, 0.05) is 48.3 Å². The van der Waals surface area contributed by atoms with Crippen LogP contribution in [0.1, 0.15) is 27.9 Å². The first-order valence-corrected chi connectivity index (χ1v) is 9.30. The Kier molecular flexibility index (Phi) is 6.00. The van der Waals surface area contributed by atoms with Crippen molar-refractivity contribution < 1.29 is 4.79 Å². The number of carbonyl (C=O) groups is 1. The summed E-state index contributed by atoms with van der Waals surface area (Å²) in [5.41, 5.74) is 3.15. The molecular weight excluding hydrogens is 355 g/mol. The molecule has 1 heterocycles. The van der Waals surface area contributed by atoms with E-state index in [2.05, 4.69) is 36.1 Å². The third-order valence-corrected chi connectivity index (χ3v) is 4.95. The Balaban J connectivity index is 1.62. The maximum absolute atomic E-state index is 12.7. The highest BCUT2D eigenvalue weighted by atomic mass is 35.5. The molecule has 1 saturated heterocycles. The largest absolute Gasteiger partial charge is 0.337 e. The Labute approximate surface area is 159 Å². The smallest absolute Gasteiger partial charge is 0.254 e. The molecule has 0 saturated carbocycles. The van der Waals surface area contributed by atoms with Crippen LogP contribution in [0.5, 0.6) is 0 Å². The van der Waals surface area contributed by atoms with Crippen molar-refractivity contribution in [2.24, 2.45) is 0 Å². The van der Waals surface area contributed by atoms with Crippen LogP contribution in [0.25, 0.3) is 0 Å². The molecule has 25 heavy (non-hydrogen) atoms. The summed E-state index contributed by atoms with van der Waals surface area (Å²) in [5.74, 6) is 0.00147. The van der Waals surface area contributed by atoms with Crippen LogP contribution in [0.15, 0.2) is 42.5 Å². The monoisotopic (exact) mass is 376 g/mol. The molecule has 2 aromatic carbocycles. The second kappa shape index (κ2) is 8.22. The lowest BCUT2D eigenvalue weighted by Crippen LogP contribution is -2.35. The van der Waals surface area contributed by atoms with Crippen LogP contribution in [0.4, 0.5) is 0 Å². The Morgan fingerprint density at radius 3 is 2.32 bits per heavy atom. The molecule has 0 unspecified atom stereocenters. The summed E-state index contributed by atoms with van der Waals surface area (Å²) in [6.45, 7) is 6.36. The quantitative estimate of drug-likeness (QED) is 0.778. The maximum atomic E-state index is 12.7. The van der Waals surface area contributed by atoms with E-state index in [9.17, 15) is 4.79 Å². The normalized spacial score (nSPS) is 15.9. The van der Waals surface area contributed by atoms with Gasteiger partial charge in [0.1, 0.15) is 0 Å². The van der Waals surface area contributed by atoms with E-state index in [1.54, 1.807) is 18.2 Å². The van der Waals surface area contributed by atoms with Gasteiger partial charge in [0.2, 0.25) is 0 Å². The highest BCUT2D eigenvalue weighted by molar-refractivity contribution is 6.35. The van der Waals surface area contributed by atoms with Crippen molar-refractivity contribution >= 4 is 29.1 Å². The fraction of sp³-hybridized carbons (Fsp3) is 0.350. The van der Waals surface area contributed by atoms with Crippen molar-refractivity contribution in [3.8, 4) is 0 Å². The van der Waals surface area contributed by atoms with Gasteiger partial charge in [0.05, 0.1) is 0 Å². The molecule has 0 aliphatic carbocycles. The predicted molar refractivity (Wildman–Crippen MR) is 103 cm³/mol.